The number of anilines is 2. The van der Waals surface area contributed by atoms with Crippen LogP contribution in [0.5, 0.6) is 0 Å². The summed E-state index contributed by atoms with van der Waals surface area (Å²) in [4.78, 5) is 13.1. The molecule has 0 N–H and O–H groups in total. The van der Waals surface area contributed by atoms with Gasteiger partial charge in [-0.25, -0.2) is 18.4 Å². The molecule has 5 rings (SSSR count). The first-order valence-electron chi connectivity index (χ1n) is 10.3. The summed E-state index contributed by atoms with van der Waals surface area (Å²) in [7, 11) is -3.50. The minimum atomic E-state index is -3.50. The smallest absolute Gasteiger partial charge is 0.220 e. The highest BCUT2D eigenvalue weighted by molar-refractivity contribution is 7.88. The first-order chi connectivity index (χ1) is 15.1. The van der Waals surface area contributed by atoms with E-state index >= 15 is 0 Å². The van der Waals surface area contributed by atoms with Gasteiger partial charge in [0.15, 0.2) is 5.58 Å². The van der Waals surface area contributed by atoms with Crippen LogP contribution in [0.25, 0.3) is 11.0 Å². The molecule has 0 bridgehead atoms. The number of sulfonamides is 1. The Bertz CT molecular complexity index is 1150. The van der Waals surface area contributed by atoms with Crippen LogP contribution in [0.3, 0.4) is 0 Å². The Labute approximate surface area is 180 Å². The lowest BCUT2D eigenvalue weighted by Crippen LogP contribution is -2.49. The lowest BCUT2D eigenvalue weighted by Gasteiger charge is -2.35. The van der Waals surface area contributed by atoms with Gasteiger partial charge in [0.2, 0.25) is 10.0 Å². The second kappa shape index (κ2) is 8.40. The number of hydrogen-bond acceptors (Lipinski definition) is 9. The molecule has 10 nitrogen and oxygen atoms in total. The van der Waals surface area contributed by atoms with Crippen LogP contribution in [0.15, 0.2) is 41.2 Å². The molecule has 3 aromatic rings. The zero-order valence-electron chi connectivity index (χ0n) is 17.1. The lowest BCUT2D eigenvalue weighted by atomic mass is 10.2. The normalized spacial score (nSPS) is 18.6. The predicted octanol–water partition coefficient (Wildman–Crippen LogP) is 1.11. The predicted molar refractivity (Wildman–Crippen MR) is 115 cm³/mol. The highest BCUT2D eigenvalue weighted by Gasteiger charge is 2.29. The Morgan fingerprint density at radius 2 is 1.58 bits per heavy atom. The van der Waals surface area contributed by atoms with Crippen molar-refractivity contribution >= 4 is 32.6 Å². The molecular weight excluding hydrogens is 420 g/mol. The maximum Gasteiger partial charge on any atom is 0.220 e. The first kappa shape index (κ1) is 20.2. The number of nitrogens with zero attached hydrogens (tertiary/aromatic N) is 6. The Hall–Kier alpha value is -2.76. The van der Waals surface area contributed by atoms with Crippen molar-refractivity contribution in [2.24, 2.45) is 0 Å². The van der Waals surface area contributed by atoms with Crippen molar-refractivity contribution in [1.82, 2.24) is 19.4 Å². The molecule has 2 aliphatic heterocycles. The average Bonchev–Trinajstić information content (AvgIpc) is 3.22. The van der Waals surface area contributed by atoms with Crippen LogP contribution in [0.4, 0.5) is 11.6 Å². The van der Waals surface area contributed by atoms with Gasteiger partial charge in [-0.2, -0.15) is 4.31 Å². The van der Waals surface area contributed by atoms with Crippen molar-refractivity contribution in [1.29, 1.82) is 0 Å². The molecule has 11 heteroatoms. The van der Waals surface area contributed by atoms with E-state index in [0.29, 0.717) is 50.7 Å². The summed E-state index contributed by atoms with van der Waals surface area (Å²) in [6.07, 6.45) is 1.57. The van der Waals surface area contributed by atoms with Crippen LogP contribution in [0.1, 0.15) is 5.69 Å². The largest absolute Gasteiger partial charge is 0.378 e. The number of fused-ring (bicyclic) bond motifs is 1. The zero-order valence-corrected chi connectivity index (χ0v) is 17.9. The summed E-state index contributed by atoms with van der Waals surface area (Å²) in [6.45, 7) is 4.92. The van der Waals surface area contributed by atoms with Gasteiger partial charge in [0.25, 0.3) is 0 Å². The Balaban J connectivity index is 1.25. The van der Waals surface area contributed by atoms with Crippen LogP contribution in [-0.2, 0) is 20.5 Å². The Kier molecular flexibility index (Phi) is 5.47. The van der Waals surface area contributed by atoms with Gasteiger partial charge >= 0.3 is 0 Å². The van der Waals surface area contributed by atoms with Gasteiger partial charge in [0.1, 0.15) is 29.4 Å². The van der Waals surface area contributed by atoms with Crippen molar-refractivity contribution in [2.75, 3.05) is 62.3 Å². The number of ether oxygens (including phenoxy) is 1. The van der Waals surface area contributed by atoms with Crippen molar-refractivity contribution < 1.29 is 17.7 Å². The van der Waals surface area contributed by atoms with Crippen LogP contribution in [-0.4, -0.2) is 80.3 Å². The number of piperazine rings is 1. The van der Waals surface area contributed by atoms with E-state index in [4.69, 9.17) is 9.26 Å². The molecule has 2 aromatic heterocycles. The molecule has 164 valence electrons. The van der Waals surface area contributed by atoms with Gasteiger partial charge in [-0.1, -0.05) is 17.3 Å². The molecule has 2 aliphatic rings. The van der Waals surface area contributed by atoms with Crippen molar-refractivity contribution in [3.8, 4) is 0 Å². The van der Waals surface area contributed by atoms with Crippen LogP contribution >= 0.6 is 0 Å². The summed E-state index contributed by atoms with van der Waals surface area (Å²) < 4.78 is 38.1. The van der Waals surface area contributed by atoms with Crippen LogP contribution in [0.2, 0.25) is 0 Å². The quantitative estimate of drug-likeness (QED) is 0.572. The summed E-state index contributed by atoms with van der Waals surface area (Å²) in [5.74, 6) is 1.52. The fourth-order valence-electron chi connectivity index (χ4n) is 3.98. The van der Waals surface area contributed by atoms with Gasteiger partial charge in [0.05, 0.1) is 13.2 Å². The Morgan fingerprint density at radius 1 is 0.903 bits per heavy atom. The highest BCUT2D eigenvalue weighted by Crippen LogP contribution is 2.23. The third kappa shape index (κ3) is 4.21. The summed E-state index contributed by atoms with van der Waals surface area (Å²) >= 11 is 0. The number of para-hydroxylation sites is 1. The molecule has 0 unspecified atom stereocenters. The number of benzene rings is 1. The SMILES string of the molecule is O=S(=O)(Cc1noc2ccccc12)N1CCN(c2cc(N3CCOCC3)ncn2)CC1. The maximum absolute atomic E-state index is 13.0. The number of morpholine rings is 1. The number of rotatable bonds is 5. The molecule has 2 saturated heterocycles. The monoisotopic (exact) mass is 444 g/mol. The maximum atomic E-state index is 13.0. The number of hydrogen-bond donors (Lipinski definition) is 0. The fourth-order valence-corrected chi connectivity index (χ4v) is 5.43. The van der Waals surface area contributed by atoms with Gasteiger partial charge in [0, 0.05) is 50.7 Å². The van der Waals surface area contributed by atoms with E-state index in [-0.39, 0.29) is 5.75 Å². The first-order valence-corrected chi connectivity index (χ1v) is 11.9. The molecule has 0 amide bonds. The van der Waals surface area contributed by atoms with E-state index in [2.05, 4.69) is 24.9 Å². The minimum Gasteiger partial charge on any atom is -0.378 e. The highest BCUT2D eigenvalue weighted by atomic mass is 32.2. The topological polar surface area (TPSA) is 105 Å². The number of aromatic nitrogens is 3. The summed E-state index contributed by atoms with van der Waals surface area (Å²) in [5.41, 5.74) is 1.04. The zero-order chi connectivity index (χ0) is 21.3. The fraction of sp³-hybridized carbons (Fsp3) is 0.450. The van der Waals surface area contributed by atoms with Gasteiger partial charge in [-0.15, -0.1) is 0 Å². The molecule has 31 heavy (non-hydrogen) atoms. The third-order valence-corrected chi connectivity index (χ3v) is 7.49. The third-order valence-electron chi connectivity index (χ3n) is 5.70. The van der Waals surface area contributed by atoms with E-state index in [1.807, 2.05) is 24.3 Å². The van der Waals surface area contributed by atoms with E-state index in [0.717, 1.165) is 30.1 Å². The second-order valence-electron chi connectivity index (χ2n) is 7.60. The van der Waals surface area contributed by atoms with E-state index in [1.165, 1.54) is 4.31 Å². The molecule has 0 radical (unpaired) electrons. The van der Waals surface area contributed by atoms with E-state index in [1.54, 1.807) is 12.4 Å². The average molecular weight is 445 g/mol. The summed E-state index contributed by atoms with van der Waals surface area (Å²) in [6, 6.07) is 9.26. The van der Waals surface area contributed by atoms with Crippen LogP contribution in [0, 0.1) is 0 Å². The van der Waals surface area contributed by atoms with E-state index in [9.17, 15) is 8.42 Å². The van der Waals surface area contributed by atoms with Crippen molar-refractivity contribution in [2.45, 2.75) is 5.75 Å². The second-order valence-corrected chi connectivity index (χ2v) is 9.57. The van der Waals surface area contributed by atoms with Crippen molar-refractivity contribution in [3.63, 3.8) is 0 Å². The van der Waals surface area contributed by atoms with Gasteiger partial charge < -0.3 is 19.1 Å². The van der Waals surface area contributed by atoms with Gasteiger partial charge in [-0.05, 0) is 12.1 Å². The van der Waals surface area contributed by atoms with Crippen LogP contribution < -0.4 is 9.80 Å². The lowest BCUT2D eigenvalue weighted by molar-refractivity contribution is 0.122. The molecule has 4 heterocycles. The van der Waals surface area contributed by atoms with Crippen molar-refractivity contribution in [3.05, 3.63) is 42.4 Å². The Morgan fingerprint density at radius 3 is 2.32 bits per heavy atom. The summed E-state index contributed by atoms with van der Waals surface area (Å²) in [5, 5.41) is 4.71. The minimum absolute atomic E-state index is 0.168. The molecule has 0 atom stereocenters. The molecule has 0 saturated carbocycles. The molecule has 1 aromatic carbocycles. The molecule has 2 fully saturated rings. The molecular formula is C20H24N6O4S. The molecule has 0 spiro atoms. The van der Waals surface area contributed by atoms with E-state index < -0.39 is 10.0 Å². The van der Waals surface area contributed by atoms with Gasteiger partial charge in [-0.3, -0.25) is 0 Å². The standard InChI is InChI=1S/C20H24N6O4S/c27-31(28,14-17-16-3-1-2-4-18(16)30-23-17)26-7-5-24(6-8-26)19-13-20(22-15-21-19)25-9-11-29-12-10-25/h1-4,13,15H,5-12,14H2. The molecule has 0 aliphatic carbocycles.